The Kier molecular flexibility index (Phi) is 5.12. The van der Waals surface area contributed by atoms with Crippen LogP contribution in [0.5, 0.6) is 0 Å². The van der Waals surface area contributed by atoms with Gasteiger partial charge in [-0.15, -0.1) is 0 Å². The number of carbonyl (C=O) groups excluding carboxylic acids is 1. The second-order valence-corrected chi connectivity index (χ2v) is 5.31. The summed E-state index contributed by atoms with van der Waals surface area (Å²) in [5.41, 5.74) is 6.49. The van der Waals surface area contributed by atoms with Gasteiger partial charge < -0.3 is 10.8 Å². The summed E-state index contributed by atoms with van der Waals surface area (Å²) < 4.78 is 0. The standard InChI is InChI=1S/C11H14ClNO2S/c1-7(5-14)16-6-9-3-2-8(11(13)15)4-10(9)12/h2-4,7,14H,5-6H2,1H3,(H2,13,15). The molecule has 1 atom stereocenters. The maximum atomic E-state index is 10.9. The van der Waals surface area contributed by atoms with Crippen LogP contribution in [0.15, 0.2) is 18.2 Å². The van der Waals surface area contributed by atoms with Crippen molar-refractivity contribution in [1.82, 2.24) is 0 Å². The van der Waals surface area contributed by atoms with Crippen molar-refractivity contribution >= 4 is 29.3 Å². The smallest absolute Gasteiger partial charge is 0.248 e. The van der Waals surface area contributed by atoms with Crippen LogP contribution in [-0.4, -0.2) is 22.9 Å². The number of thioether (sulfide) groups is 1. The molecule has 1 rings (SSSR count). The highest BCUT2D eigenvalue weighted by atomic mass is 35.5. The van der Waals surface area contributed by atoms with E-state index < -0.39 is 5.91 Å². The summed E-state index contributed by atoms with van der Waals surface area (Å²) in [6.07, 6.45) is 0. The van der Waals surface area contributed by atoms with E-state index in [0.29, 0.717) is 16.3 Å². The lowest BCUT2D eigenvalue weighted by Crippen LogP contribution is -2.10. The molecular formula is C11H14ClNO2S. The molecule has 0 aliphatic carbocycles. The van der Waals surface area contributed by atoms with Gasteiger partial charge in [0.15, 0.2) is 0 Å². The summed E-state index contributed by atoms with van der Waals surface area (Å²) >= 11 is 7.62. The third kappa shape index (κ3) is 3.70. The molecule has 0 heterocycles. The fourth-order valence-electron chi connectivity index (χ4n) is 1.10. The molecule has 88 valence electrons. The summed E-state index contributed by atoms with van der Waals surface area (Å²) in [7, 11) is 0. The summed E-state index contributed by atoms with van der Waals surface area (Å²) in [4.78, 5) is 10.9. The quantitative estimate of drug-likeness (QED) is 0.851. The van der Waals surface area contributed by atoms with Crippen LogP contribution in [0, 0.1) is 0 Å². The second-order valence-electron chi connectivity index (χ2n) is 3.47. The summed E-state index contributed by atoms with van der Waals surface area (Å²) in [6, 6.07) is 5.02. The summed E-state index contributed by atoms with van der Waals surface area (Å²) in [5, 5.41) is 9.59. The van der Waals surface area contributed by atoms with Crippen LogP contribution in [0.25, 0.3) is 0 Å². The van der Waals surface area contributed by atoms with Crippen LogP contribution in [-0.2, 0) is 5.75 Å². The number of benzene rings is 1. The van der Waals surface area contributed by atoms with Gasteiger partial charge in [-0.05, 0) is 17.7 Å². The molecule has 3 N–H and O–H groups in total. The predicted molar refractivity (Wildman–Crippen MR) is 67.8 cm³/mol. The number of rotatable bonds is 5. The molecule has 0 fully saturated rings. The minimum Gasteiger partial charge on any atom is -0.395 e. The van der Waals surface area contributed by atoms with Crippen LogP contribution in [0.4, 0.5) is 0 Å². The second kappa shape index (κ2) is 6.13. The van der Waals surface area contributed by atoms with E-state index in [4.69, 9.17) is 22.4 Å². The Bertz CT molecular complexity index is 384. The minimum atomic E-state index is -0.482. The number of amides is 1. The zero-order valence-electron chi connectivity index (χ0n) is 8.94. The van der Waals surface area contributed by atoms with Crippen molar-refractivity contribution in [2.24, 2.45) is 5.73 Å². The van der Waals surface area contributed by atoms with Gasteiger partial charge in [0.2, 0.25) is 5.91 Å². The number of hydrogen-bond donors (Lipinski definition) is 2. The SMILES string of the molecule is CC(CO)SCc1ccc(C(N)=O)cc1Cl. The Morgan fingerprint density at radius 1 is 1.62 bits per heavy atom. The van der Waals surface area contributed by atoms with Crippen molar-refractivity contribution in [1.29, 1.82) is 0 Å². The Balaban J connectivity index is 2.72. The minimum absolute atomic E-state index is 0.141. The third-order valence-electron chi connectivity index (χ3n) is 2.12. The van der Waals surface area contributed by atoms with Gasteiger partial charge in [0.25, 0.3) is 0 Å². The number of aliphatic hydroxyl groups excluding tert-OH is 1. The number of aliphatic hydroxyl groups is 1. The maximum absolute atomic E-state index is 10.9. The van der Waals surface area contributed by atoms with Crippen LogP contribution >= 0.6 is 23.4 Å². The lowest BCUT2D eigenvalue weighted by atomic mass is 10.1. The van der Waals surface area contributed by atoms with Crippen LogP contribution in [0.3, 0.4) is 0 Å². The molecule has 0 aliphatic rings. The number of hydrogen-bond acceptors (Lipinski definition) is 3. The van der Waals surface area contributed by atoms with Gasteiger partial charge in [0.05, 0.1) is 6.61 Å². The van der Waals surface area contributed by atoms with Gasteiger partial charge in [0.1, 0.15) is 0 Å². The first-order valence-electron chi connectivity index (χ1n) is 4.85. The summed E-state index contributed by atoms with van der Waals surface area (Å²) in [6.45, 7) is 2.08. The molecule has 1 aromatic carbocycles. The number of primary amides is 1. The highest BCUT2D eigenvalue weighted by molar-refractivity contribution is 7.99. The van der Waals surface area contributed by atoms with E-state index in [0.717, 1.165) is 5.56 Å². The van der Waals surface area contributed by atoms with E-state index in [9.17, 15) is 4.79 Å². The summed E-state index contributed by atoms with van der Waals surface area (Å²) in [5.74, 6) is 0.226. The fourth-order valence-corrected chi connectivity index (χ4v) is 2.25. The molecule has 5 heteroatoms. The van der Waals surface area contributed by atoms with Crippen molar-refractivity contribution in [3.05, 3.63) is 34.3 Å². The van der Waals surface area contributed by atoms with Gasteiger partial charge in [0, 0.05) is 21.6 Å². The Hall–Kier alpha value is -0.710. The highest BCUT2D eigenvalue weighted by Gasteiger charge is 2.07. The van der Waals surface area contributed by atoms with E-state index in [1.165, 1.54) is 0 Å². The number of carbonyl (C=O) groups is 1. The molecular weight excluding hydrogens is 246 g/mol. The first kappa shape index (κ1) is 13.4. The van der Waals surface area contributed by atoms with Gasteiger partial charge in [-0.2, -0.15) is 11.8 Å². The van der Waals surface area contributed by atoms with Gasteiger partial charge in [-0.1, -0.05) is 24.6 Å². The normalized spacial score (nSPS) is 12.4. The van der Waals surface area contributed by atoms with Crippen molar-refractivity contribution in [3.63, 3.8) is 0 Å². The van der Waals surface area contributed by atoms with Gasteiger partial charge in [-0.25, -0.2) is 0 Å². The average molecular weight is 260 g/mol. The lowest BCUT2D eigenvalue weighted by molar-refractivity contribution is 0.100. The molecule has 0 radical (unpaired) electrons. The fraction of sp³-hybridized carbons (Fsp3) is 0.364. The van der Waals surface area contributed by atoms with Crippen molar-refractivity contribution in [2.75, 3.05) is 6.61 Å². The van der Waals surface area contributed by atoms with Crippen LogP contribution in [0.2, 0.25) is 5.02 Å². The average Bonchev–Trinajstić information content (AvgIpc) is 2.26. The van der Waals surface area contributed by atoms with E-state index in [1.807, 2.05) is 6.92 Å². The van der Waals surface area contributed by atoms with E-state index in [1.54, 1.807) is 30.0 Å². The van der Waals surface area contributed by atoms with E-state index in [2.05, 4.69) is 0 Å². The molecule has 0 aliphatic heterocycles. The number of halogens is 1. The van der Waals surface area contributed by atoms with E-state index >= 15 is 0 Å². The van der Waals surface area contributed by atoms with Gasteiger partial charge in [-0.3, -0.25) is 4.79 Å². The Labute approximate surface area is 104 Å². The molecule has 0 bridgehead atoms. The van der Waals surface area contributed by atoms with E-state index in [-0.39, 0.29) is 11.9 Å². The molecule has 0 spiro atoms. The van der Waals surface area contributed by atoms with Crippen LogP contribution < -0.4 is 5.73 Å². The molecule has 0 saturated heterocycles. The molecule has 0 saturated carbocycles. The van der Waals surface area contributed by atoms with Crippen LogP contribution in [0.1, 0.15) is 22.8 Å². The molecule has 3 nitrogen and oxygen atoms in total. The zero-order chi connectivity index (χ0) is 12.1. The van der Waals surface area contributed by atoms with Gasteiger partial charge >= 0.3 is 0 Å². The predicted octanol–water partition coefficient (Wildman–Crippen LogP) is 2.05. The molecule has 1 amide bonds. The molecule has 16 heavy (non-hydrogen) atoms. The van der Waals surface area contributed by atoms with Crippen molar-refractivity contribution in [2.45, 2.75) is 17.9 Å². The number of nitrogens with two attached hydrogens (primary N) is 1. The zero-order valence-corrected chi connectivity index (χ0v) is 10.5. The monoisotopic (exact) mass is 259 g/mol. The maximum Gasteiger partial charge on any atom is 0.248 e. The van der Waals surface area contributed by atoms with Crippen molar-refractivity contribution < 1.29 is 9.90 Å². The third-order valence-corrected chi connectivity index (χ3v) is 3.67. The van der Waals surface area contributed by atoms with Crippen molar-refractivity contribution in [3.8, 4) is 0 Å². The Morgan fingerprint density at radius 2 is 2.31 bits per heavy atom. The first-order valence-corrected chi connectivity index (χ1v) is 6.28. The first-order chi connectivity index (χ1) is 7.54. The highest BCUT2D eigenvalue weighted by Crippen LogP contribution is 2.24. The molecule has 1 unspecified atom stereocenters. The topological polar surface area (TPSA) is 63.3 Å². The molecule has 1 aromatic rings. The largest absolute Gasteiger partial charge is 0.395 e. The molecule has 0 aromatic heterocycles. The Morgan fingerprint density at radius 3 is 2.81 bits per heavy atom. The lowest BCUT2D eigenvalue weighted by Gasteiger charge is -2.09.